The molecule has 0 atom stereocenters. The van der Waals surface area contributed by atoms with E-state index < -0.39 is 0 Å². The highest BCUT2D eigenvalue weighted by atomic mass is 32.1. The molecular formula is C20H34N6O2S. The normalized spacial score (nSPS) is 18.2. The van der Waals surface area contributed by atoms with E-state index in [2.05, 4.69) is 27.8 Å². The number of amides is 1. The fourth-order valence-corrected chi connectivity index (χ4v) is 4.60. The second-order valence-electron chi connectivity index (χ2n) is 7.43. The van der Waals surface area contributed by atoms with Gasteiger partial charge in [0.2, 0.25) is 0 Å². The molecule has 9 heteroatoms. The number of anilines is 1. The number of thiazole rings is 1. The molecule has 2 fully saturated rings. The van der Waals surface area contributed by atoms with Gasteiger partial charge in [-0.25, -0.2) is 9.78 Å². The van der Waals surface area contributed by atoms with Gasteiger partial charge in [-0.05, 0) is 39.5 Å². The summed E-state index contributed by atoms with van der Waals surface area (Å²) in [6.07, 6.45) is 4.99. The Hall–Kier alpha value is -2.03. The number of carbonyl (C=O) groups is 1. The average molecular weight is 423 g/mol. The van der Waals surface area contributed by atoms with Gasteiger partial charge in [0.15, 0.2) is 11.1 Å². The van der Waals surface area contributed by atoms with Crippen molar-refractivity contribution in [3.63, 3.8) is 0 Å². The van der Waals surface area contributed by atoms with Gasteiger partial charge in [0.05, 0.1) is 12.3 Å². The summed E-state index contributed by atoms with van der Waals surface area (Å²) < 4.78 is 5.09. The summed E-state index contributed by atoms with van der Waals surface area (Å²) in [5.74, 6) is 0.845. The molecule has 2 aliphatic heterocycles. The standard InChI is InChI=1S/C20H34N6O2S/c1-3-21-18(23-16-8-13-26(14-9-16)20(27)28-4-2)22-10-7-17-15-29-19(24-17)25-11-5-6-12-25/h15-16H,3-14H2,1-2H3,(H2,21,22,23). The van der Waals surface area contributed by atoms with Crippen molar-refractivity contribution >= 4 is 28.5 Å². The number of carbonyl (C=O) groups excluding carboxylic acids is 1. The summed E-state index contributed by atoms with van der Waals surface area (Å²) in [4.78, 5) is 25.5. The zero-order valence-electron chi connectivity index (χ0n) is 17.7. The predicted octanol–water partition coefficient (Wildman–Crippen LogP) is 2.46. The van der Waals surface area contributed by atoms with E-state index in [4.69, 9.17) is 14.7 Å². The maximum Gasteiger partial charge on any atom is 0.409 e. The molecule has 2 aliphatic rings. The van der Waals surface area contributed by atoms with Gasteiger partial charge in [-0.2, -0.15) is 0 Å². The Balaban J connectivity index is 1.44. The van der Waals surface area contributed by atoms with Crippen LogP contribution in [0.1, 0.15) is 45.2 Å². The van der Waals surface area contributed by atoms with E-state index in [1.165, 1.54) is 12.8 Å². The molecule has 29 heavy (non-hydrogen) atoms. The highest BCUT2D eigenvalue weighted by Gasteiger charge is 2.24. The van der Waals surface area contributed by atoms with Crippen LogP contribution in [0.5, 0.6) is 0 Å². The van der Waals surface area contributed by atoms with Crippen LogP contribution in [0.4, 0.5) is 9.93 Å². The maximum atomic E-state index is 11.8. The number of guanidine groups is 1. The summed E-state index contributed by atoms with van der Waals surface area (Å²) in [5.41, 5.74) is 1.12. The molecular weight excluding hydrogens is 388 g/mol. The number of aromatic nitrogens is 1. The zero-order valence-corrected chi connectivity index (χ0v) is 18.5. The average Bonchev–Trinajstić information content (AvgIpc) is 3.41. The van der Waals surface area contributed by atoms with E-state index in [-0.39, 0.29) is 6.09 Å². The fourth-order valence-electron chi connectivity index (χ4n) is 3.68. The first kappa shape index (κ1) is 21.7. The van der Waals surface area contributed by atoms with Crippen LogP contribution in [0.3, 0.4) is 0 Å². The van der Waals surface area contributed by atoms with E-state index >= 15 is 0 Å². The largest absolute Gasteiger partial charge is 0.450 e. The molecule has 3 heterocycles. The first-order valence-electron chi connectivity index (χ1n) is 10.9. The number of hydrogen-bond donors (Lipinski definition) is 2. The van der Waals surface area contributed by atoms with Crippen LogP contribution in [0.25, 0.3) is 0 Å². The van der Waals surface area contributed by atoms with Crippen LogP contribution >= 0.6 is 11.3 Å². The molecule has 2 saturated heterocycles. The van der Waals surface area contributed by atoms with E-state index in [1.54, 1.807) is 16.2 Å². The first-order chi connectivity index (χ1) is 14.2. The minimum atomic E-state index is -0.205. The number of hydrogen-bond acceptors (Lipinski definition) is 6. The lowest BCUT2D eigenvalue weighted by Gasteiger charge is -2.32. The number of likely N-dealkylation sites (tertiary alicyclic amines) is 1. The minimum Gasteiger partial charge on any atom is -0.450 e. The lowest BCUT2D eigenvalue weighted by Crippen LogP contribution is -2.50. The quantitative estimate of drug-likeness (QED) is 0.519. The molecule has 3 rings (SSSR count). The van der Waals surface area contributed by atoms with Crippen molar-refractivity contribution < 1.29 is 9.53 Å². The van der Waals surface area contributed by atoms with Gasteiger partial charge in [0, 0.05) is 57.1 Å². The third-order valence-corrected chi connectivity index (χ3v) is 6.21. The third kappa shape index (κ3) is 6.48. The molecule has 162 valence electrons. The number of rotatable bonds is 7. The van der Waals surface area contributed by atoms with Crippen molar-refractivity contribution in [1.29, 1.82) is 0 Å². The van der Waals surface area contributed by atoms with E-state index in [9.17, 15) is 4.79 Å². The molecule has 2 N–H and O–H groups in total. The minimum absolute atomic E-state index is 0.205. The predicted molar refractivity (Wildman–Crippen MR) is 118 cm³/mol. The lowest BCUT2D eigenvalue weighted by molar-refractivity contribution is 0.0963. The van der Waals surface area contributed by atoms with Crippen LogP contribution in [0.15, 0.2) is 10.4 Å². The Kier molecular flexibility index (Phi) is 8.39. The van der Waals surface area contributed by atoms with Gasteiger partial charge < -0.3 is 25.2 Å². The smallest absolute Gasteiger partial charge is 0.409 e. The van der Waals surface area contributed by atoms with Gasteiger partial charge in [0.25, 0.3) is 0 Å². The van der Waals surface area contributed by atoms with Crippen molar-refractivity contribution in [2.45, 2.75) is 52.0 Å². The van der Waals surface area contributed by atoms with Crippen LogP contribution in [-0.4, -0.2) is 73.9 Å². The van der Waals surface area contributed by atoms with Crippen molar-refractivity contribution in [2.75, 3.05) is 50.8 Å². The van der Waals surface area contributed by atoms with Crippen molar-refractivity contribution in [1.82, 2.24) is 20.5 Å². The number of aliphatic imine (C=N–C) groups is 1. The Labute approximate surface area is 177 Å². The molecule has 0 spiro atoms. The molecule has 1 amide bonds. The van der Waals surface area contributed by atoms with Crippen molar-refractivity contribution in [3.05, 3.63) is 11.1 Å². The molecule has 0 radical (unpaired) electrons. The SMILES string of the molecule is CCNC(=NCCc1csc(N2CCCC2)n1)NC1CCN(C(=O)OCC)CC1. The van der Waals surface area contributed by atoms with Crippen LogP contribution in [-0.2, 0) is 11.2 Å². The molecule has 0 saturated carbocycles. The molecule has 0 bridgehead atoms. The second-order valence-corrected chi connectivity index (χ2v) is 8.27. The Morgan fingerprint density at radius 2 is 2.03 bits per heavy atom. The Morgan fingerprint density at radius 1 is 1.28 bits per heavy atom. The van der Waals surface area contributed by atoms with Crippen LogP contribution in [0, 0.1) is 0 Å². The van der Waals surface area contributed by atoms with Gasteiger partial charge in [-0.15, -0.1) is 11.3 Å². The van der Waals surface area contributed by atoms with Gasteiger partial charge in [-0.1, -0.05) is 0 Å². The molecule has 8 nitrogen and oxygen atoms in total. The summed E-state index contributed by atoms with van der Waals surface area (Å²) in [6.45, 7) is 9.56. The lowest BCUT2D eigenvalue weighted by atomic mass is 10.1. The fraction of sp³-hybridized carbons (Fsp3) is 0.750. The number of piperidine rings is 1. The van der Waals surface area contributed by atoms with E-state index in [0.717, 1.165) is 55.7 Å². The number of nitrogens with zero attached hydrogens (tertiary/aromatic N) is 4. The molecule has 0 aliphatic carbocycles. The highest BCUT2D eigenvalue weighted by molar-refractivity contribution is 7.13. The second kappa shape index (κ2) is 11.2. The monoisotopic (exact) mass is 422 g/mol. The summed E-state index contributed by atoms with van der Waals surface area (Å²) in [5, 5.41) is 10.2. The maximum absolute atomic E-state index is 11.8. The van der Waals surface area contributed by atoms with E-state index in [1.807, 2.05) is 6.92 Å². The Bertz CT molecular complexity index is 666. The van der Waals surface area contributed by atoms with Crippen LogP contribution < -0.4 is 15.5 Å². The summed E-state index contributed by atoms with van der Waals surface area (Å²) >= 11 is 1.74. The summed E-state index contributed by atoms with van der Waals surface area (Å²) in [7, 11) is 0. The first-order valence-corrected chi connectivity index (χ1v) is 11.7. The number of ether oxygens (including phenoxy) is 1. The van der Waals surface area contributed by atoms with E-state index in [0.29, 0.717) is 32.3 Å². The van der Waals surface area contributed by atoms with Gasteiger partial charge in [-0.3, -0.25) is 4.99 Å². The Morgan fingerprint density at radius 3 is 2.72 bits per heavy atom. The molecule has 0 unspecified atom stereocenters. The molecule has 0 aromatic carbocycles. The summed E-state index contributed by atoms with van der Waals surface area (Å²) in [6, 6.07) is 0.319. The van der Waals surface area contributed by atoms with Crippen molar-refractivity contribution in [3.8, 4) is 0 Å². The van der Waals surface area contributed by atoms with Gasteiger partial charge >= 0.3 is 6.09 Å². The highest BCUT2D eigenvalue weighted by Crippen LogP contribution is 2.24. The zero-order chi connectivity index (χ0) is 20.5. The third-order valence-electron chi connectivity index (χ3n) is 5.26. The molecule has 1 aromatic heterocycles. The van der Waals surface area contributed by atoms with Crippen LogP contribution in [0.2, 0.25) is 0 Å². The van der Waals surface area contributed by atoms with Gasteiger partial charge in [0.1, 0.15) is 0 Å². The molecule has 1 aromatic rings. The van der Waals surface area contributed by atoms with Crippen molar-refractivity contribution in [2.24, 2.45) is 4.99 Å². The topological polar surface area (TPSA) is 82.1 Å². The number of nitrogens with one attached hydrogen (secondary N) is 2.